The summed E-state index contributed by atoms with van der Waals surface area (Å²) in [7, 11) is 2.25. The highest BCUT2D eigenvalue weighted by molar-refractivity contribution is 7.22. The number of aromatic carboxylic acids is 1. The molecule has 0 radical (unpaired) electrons. The number of carbonyl (C=O) groups is 4. The number of aromatic nitrogens is 7. The molecule has 6 fully saturated rings. The van der Waals surface area contributed by atoms with Gasteiger partial charge in [0.25, 0.3) is 5.91 Å². The van der Waals surface area contributed by atoms with Gasteiger partial charge >= 0.3 is 5.97 Å². The Morgan fingerprint density at radius 1 is 0.821 bits per heavy atom. The van der Waals surface area contributed by atoms with Crippen molar-refractivity contribution in [1.29, 1.82) is 0 Å². The van der Waals surface area contributed by atoms with Crippen LogP contribution >= 0.6 is 22.7 Å². The third-order valence-corrected chi connectivity index (χ3v) is 25.4. The van der Waals surface area contributed by atoms with Crippen molar-refractivity contribution < 1.29 is 43.3 Å². The summed E-state index contributed by atoms with van der Waals surface area (Å²) in [5.41, 5.74) is 7.27. The lowest BCUT2D eigenvalue weighted by Gasteiger charge is -2.69. The minimum atomic E-state index is -1.96. The van der Waals surface area contributed by atoms with Crippen molar-refractivity contribution in [2.24, 2.45) is 21.7 Å². The SMILES string of the molecule is Cc1ncsc1-c1ccc(CNC(=O)[C@@H]2C[C@@H](O)CN2C(=O)[C@@H](NC(=O)C2(F)CC2)C(C)(C)C)c(OCCCCCCCCCCCCCCCN(C)CCOC23CC4(C)CC(C)(CC(Cn5ncc(-c6ccc(N7CCCc8c7nnc(Nc7nc9ccccc9s7)c8C)nc6C(=O)O)c5C)(C4)C2)C3)c1. The van der Waals surface area contributed by atoms with Gasteiger partial charge in [0, 0.05) is 72.7 Å². The summed E-state index contributed by atoms with van der Waals surface area (Å²) >= 11 is 3.14. The number of benzene rings is 2. The molecule has 2 aromatic carbocycles. The van der Waals surface area contributed by atoms with E-state index in [1.165, 1.54) is 75.5 Å². The number of likely N-dealkylation sites (N-methyl/N-ethyl adjacent to an activating group) is 1. The molecule has 5 atom stereocenters. The third-order valence-electron chi connectivity index (χ3n) is 23.5. The maximum atomic E-state index is 14.7. The van der Waals surface area contributed by atoms with E-state index in [4.69, 9.17) is 29.6 Å². The Morgan fingerprint density at radius 3 is 2.21 bits per heavy atom. The number of rotatable bonds is 35. The van der Waals surface area contributed by atoms with E-state index in [-0.39, 0.29) is 59.9 Å². The Morgan fingerprint density at radius 2 is 1.53 bits per heavy atom. The number of aryl methyl sites for hydroxylation is 1. The molecule has 4 bridgehead atoms. The van der Waals surface area contributed by atoms with Crippen molar-refractivity contribution in [3.8, 4) is 27.3 Å². The molecule has 5 aliphatic carbocycles. The van der Waals surface area contributed by atoms with E-state index in [9.17, 15) is 33.8 Å². The van der Waals surface area contributed by atoms with Crippen LogP contribution in [0.4, 0.5) is 27.0 Å². The number of unbranched alkanes of at least 4 members (excludes halogenated alkanes) is 12. The second kappa shape index (κ2) is 32.0. The number of carboxylic acids is 1. The molecular formula is C82H110FN13O8S2. The van der Waals surface area contributed by atoms with Gasteiger partial charge in [-0.25, -0.2) is 24.1 Å². The number of hydrogen-bond donors (Lipinski definition) is 5. The molecule has 14 rings (SSSR count). The van der Waals surface area contributed by atoms with Crippen LogP contribution < -0.4 is 25.6 Å². The number of amides is 3. The number of thiazole rings is 2. The zero-order chi connectivity index (χ0) is 74.8. The normalized spacial score (nSPS) is 23.2. The number of likely N-dealkylation sites (tertiary alicyclic amines) is 1. The van der Waals surface area contributed by atoms with Crippen molar-refractivity contribution in [2.45, 2.75) is 252 Å². The second-order valence-electron chi connectivity index (χ2n) is 33.9. The Balaban J connectivity index is 0.507. The van der Waals surface area contributed by atoms with Crippen LogP contribution in [0.5, 0.6) is 5.75 Å². The number of carbonyl (C=O) groups excluding carboxylic acids is 3. The number of pyridine rings is 1. The molecule has 1 saturated heterocycles. The lowest BCUT2D eigenvalue weighted by Crippen LogP contribution is -2.64. The first-order chi connectivity index (χ1) is 50.7. The number of halogens is 1. The third kappa shape index (κ3) is 17.5. The van der Waals surface area contributed by atoms with Crippen molar-refractivity contribution >= 4 is 79.2 Å². The summed E-state index contributed by atoms with van der Waals surface area (Å²) in [6.45, 7) is 21.2. The van der Waals surface area contributed by atoms with Gasteiger partial charge < -0.3 is 50.3 Å². The molecular weight excluding hydrogens is 1380 g/mol. The molecule has 5 saturated carbocycles. The fraction of sp³-hybridized carbons (Fsp3) is 0.610. The second-order valence-corrected chi connectivity index (χ2v) is 35.8. The molecule has 5 aromatic heterocycles. The van der Waals surface area contributed by atoms with Crippen molar-refractivity contribution in [1.82, 2.24) is 55.4 Å². The summed E-state index contributed by atoms with van der Waals surface area (Å²) in [6, 6.07) is 15.8. The number of anilines is 4. The molecule has 570 valence electrons. The van der Waals surface area contributed by atoms with Gasteiger partial charge in [-0.15, -0.1) is 21.5 Å². The molecule has 24 heteroatoms. The summed E-state index contributed by atoms with van der Waals surface area (Å²) in [6.07, 6.45) is 25.3. The highest BCUT2D eigenvalue weighted by Gasteiger charge is 2.66. The Kier molecular flexibility index (Phi) is 23.1. The van der Waals surface area contributed by atoms with Crippen LogP contribution in [0.25, 0.3) is 31.8 Å². The molecule has 7 aliphatic rings. The van der Waals surface area contributed by atoms with Gasteiger partial charge in [0.1, 0.15) is 23.7 Å². The van der Waals surface area contributed by atoms with E-state index in [1.807, 2.05) is 72.1 Å². The quantitative estimate of drug-likeness (QED) is 0.0231. The van der Waals surface area contributed by atoms with Crippen LogP contribution in [0.15, 0.2) is 66.3 Å². The van der Waals surface area contributed by atoms with Gasteiger partial charge in [-0.3, -0.25) is 19.1 Å². The number of aliphatic hydroxyl groups is 1. The van der Waals surface area contributed by atoms with Gasteiger partial charge in [0.15, 0.2) is 28.1 Å². The average Bonchev–Trinajstić information content (AvgIpc) is 0.855. The molecule has 3 amide bonds. The lowest BCUT2D eigenvalue weighted by atomic mass is 9.39. The number of β-amino-alcohol motifs (C(OH)–C–C–N with tert-alkyl or cyclic N) is 1. The summed E-state index contributed by atoms with van der Waals surface area (Å²) in [4.78, 5) is 74.8. The summed E-state index contributed by atoms with van der Waals surface area (Å²) in [5.74, 6) is -0.277. The smallest absolute Gasteiger partial charge is 0.355 e. The number of alkyl halides is 1. The monoisotopic (exact) mass is 1490 g/mol. The summed E-state index contributed by atoms with van der Waals surface area (Å²) < 4.78 is 31.6. The van der Waals surface area contributed by atoms with Gasteiger partial charge in [-0.1, -0.05) is 141 Å². The van der Waals surface area contributed by atoms with Gasteiger partial charge in [0.2, 0.25) is 11.8 Å². The highest BCUT2D eigenvalue weighted by Crippen LogP contribution is 2.72. The minimum absolute atomic E-state index is 0.00641. The fourth-order valence-corrected chi connectivity index (χ4v) is 20.6. The average molecular weight is 1490 g/mol. The van der Waals surface area contributed by atoms with Crippen LogP contribution in [0, 0.1) is 42.4 Å². The predicted molar refractivity (Wildman–Crippen MR) is 415 cm³/mol. The molecule has 2 aliphatic heterocycles. The molecule has 5 N–H and O–H groups in total. The molecule has 0 spiro atoms. The summed E-state index contributed by atoms with van der Waals surface area (Å²) in [5, 5.41) is 45.7. The lowest BCUT2D eigenvalue weighted by molar-refractivity contribution is -0.248. The molecule has 2 unspecified atom stereocenters. The van der Waals surface area contributed by atoms with E-state index >= 15 is 0 Å². The number of para-hydroxylation sites is 1. The first-order valence-corrected chi connectivity index (χ1v) is 40.7. The Labute approximate surface area is 632 Å². The number of nitrogens with one attached hydrogen (secondary N) is 3. The number of ether oxygens (including phenoxy) is 2. The van der Waals surface area contributed by atoms with Crippen LogP contribution in [0.3, 0.4) is 0 Å². The minimum Gasteiger partial charge on any atom is -0.493 e. The molecule has 21 nitrogen and oxygen atoms in total. The highest BCUT2D eigenvalue weighted by atomic mass is 32.1. The maximum Gasteiger partial charge on any atom is 0.355 e. The standard InChI is InChI=1S/C82H110FN13O8S2/c1-53-59-26-25-36-94(71(59)92-91-70(53)90-76-87-62-27-21-22-28-65(62)106-76)66-32-31-60(67(88-66)74(100)101)61-43-86-96(55(61)3)51-80-46-78(7)45-79(8,47-80)49-81(48-78,50-80)104-39-37-93(9)35-23-19-17-15-13-11-10-12-14-16-18-20-24-38-103-64-40-56(68-54(2)85-52-105-68)29-30-57(64)42-84-72(98)63-41-58(97)44-95(63)73(99)69(77(4,5)6)89-75(102)82(83)33-34-82/h21-22,27-32,40,43,52,58,63,69,97H,10-20,23-26,33-39,41-42,44-51H2,1-9H3,(H,84,98)(H,89,102)(H,100,101)(H,87,90,91)/t58-,63+,69-,78?,79?,80?,81?/m1/s1. The number of nitrogens with zero attached hydrogens (tertiary/aromatic N) is 10. The van der Waals surface area contributed by atoms with Crippen LogP contribution in [0.2, 0.25) is 0 Å². The van der Waals surface area contributed by atoms with E-state index < -0.39 is 53.0 Å². The van der Waals surface area contributed by atoms with E-state index in [0.717, 1.165) is 150 Å². The van der Waals surface area contributed by atoms with Gasteiger partial charge in [-0.05, 0) is 169 Å². The van der Waals surface area contributed by atoms with Crippen LogP contribution in [-0.4, -0.2) is 155 Å². The van der Waals surface area contributed by atoms with Gasteiger partial charge in [-0.2, -0.15) is 5.10 Å². The zero-order valence-corrected chi connectivity index (χ0v) is 65.4. The number of aliphatic hydroxyl groups excluding tert-OH is 1. The van der Waals surface area contributed by atoms with Crippen molar-refractivity contribution in [3.63, 3.8) is 0 Å². The first kappa shape index (κ1) is 76.7. The Hall–Kier alpha value is -7.51. The first-order valence-electron chi connectivity index (χ1n) is 39.0. The van der Waals surface area contributed by atoms with Crippen LogP contribution in [0.1, 0.15) is 221 Å². The Bertz CT molecular complexity index is 4270. The topological polar surface area (TPSA) is 255 Å². The van der Waals surface area contributed by atoms with E-state index in [2.05, 4.69) is 76.4 Å². The fourth-order valence-electron chi connectivity index (χ4n) is 19.0. The van der Waals surface area contributed by atoms with E-state index in [0.29, 0.717) is 41.9 Å². The van der Waals surface area contributed by atoms with Crippen molar-refractivity contribution in [2.75, 3.05) is 56.7 Å². The molecule has 7 heterocycles. The maximum absolute atomic E-state index is 14.7. The molecule has 7 aromatic rings. The zero-order valence-electron chi connectivity index (χ0n) is 63.7. The number of carboxylic acid groups (broad SMARTS) is 1. The van der Waals surface area contributed by atoms with Crippen molar-refractivity contribution in [3.05, 3.63) is 100 Å². The number of fused-ring (bicyclic) bond motifs is 2. The number of hydrogen-bond acceptors (Lipinski definition) is 18. The predicted octanol–water partition coefficient (Wildman–Crippen LogP) is 15.7. The van der Waals surface area contributed by atoms with Crippen LogP contribution in [-0.2, 0) is 38.6 Å². The van der Waals surface area contributed by atoms with Gasteiger partial charge in [0.05, 0.1) is 57.4 Å². The van der Waals surface area contributed by atoms with E-state index in [1.54, 1.807) is 43.4 Å². The molecule has 106 heavy (non-hydrogen) atoms. The largest absolute Gasteiger partial charge is 0.493 e.